The SMILES string of the molecule is CCOC1c2cc(NCc3ccc(OC)cc3)ccc2OC(C)(C)C1OCc1ccc(C(C)(C)C)cc1. The van der Waals surface area contributed by atoms with Gasteiger partial charge in [-0.15, -0.1) is 0 Å². The number of hydrogen-bond acceptors (Lipinski definition) is 5. The predicted molar refractivity (Wildman–Crippen MR) is 150 cm³/mol. The van der Waals surface area contributed by atoms with Crippen molar-refractivity contribution in [2.75, 3.05) is 19.0 Å². The molecule has 1 aliphatic rings. The van der Waals surface area contributed by atoms with Crippen LogP contribution < -0.4 is 14.8 Å². The molecule has 0 spiro atoms. The van der Waals surface area contributed by atoms with Gasteiger partial charge < -0.3 is 24.3 Å². The molecule has 198 valence electrons. The number of anilines is 1. The van der Waals surface area contributed by atoms with Gasteiger partial charge in [-0.3, -0.25) is 0 Å². The number of nitrogens with one attached hydrogen (secondary N) is 1. The van der Waals surface area contributed by atoms with Crippen LogP contribution in [0.25, 0.3) is 0 Å². The van der Waals surface area contributed by atoms with Crippen LogP contribution in [0.5, 0.6) is 11.5 Å². The molecule has 1 heterocycles. The molecule has 0 saturated carbocycles. The zero-order valence-corrected chi connectivity index (χ0v) is 23.3. The van der Waals surface area contributed by atoms with Gasteiger partial charge in [-0.05, 0) is 73.2 Å². The molecule has 0 aromatic heterocycles. The number of methoxy groups -OCH3 is 1. The van der Waals surface area contributed by atoms with Crippen LogP contribution in [0.2, 0.25) is 0 Å². The van der Waals surface area contributed by atoms with E-state index in [1.54, 1.807) is 7.11 Å². The lowest BCUT2D eigenvalue weighted by molar-refractivity contribution is -0.165. The molecular weight excluding hydrogens is 462 g/mol. The Balaban J connectivity index is 1.51. The second kappa shape index (κ2) is 11.2. The molecule has 0 bridgehead atoms. The van der Waals surface area contributed by atoms with Crippen LogP contribution in [0.1, 0.15) is 69.9 Å². The van der Waals surface area contributed by atoms with E-state index in [-0.39, 0.29) is 17.6 Å². The summed E-state index contributed by atoms with van der Waals surface area (Å²) < 4.78 is 24.6. The maximum Gasteiger partial charge on any atom is 0.132 e. The second-order valence-corrected chi connectivity index (χ2v) is 11.2. The van der Waals surface area contributed by atoms with Crippen LogP contribution in [0.3, 0.4) is 0 Å². The number of fused-ring (bicyclic) bond motifs is 1. The maximum absolute atomic E-state index is 6.54. The number of rotatable bonds is 9. The van der Waals surface area contributed by atoms with E-state index < -0.39 is 5.60 Å². The molecule has 0 amide bonds. The standard InChI is InChI=1S/C32H41NO4/c1-8-35-29-27-19-25(33-20-22-11-16-26(34-7)17-12-22)15-18-28(27)37-32(5,6)30(29)36-21-23-9-13-24(14-10-23)31(2,3)4/h9-19,29-30,33H,8,20-21H2,1-7H3. The minimum absolute atomic E-state index is 0.126. The summed E-state index contributed by atoms with van der Waals surface area (Å²) in [4.78, 5) is 0. The molecule has 1 N–H and O–H groups in total. The van der Waals surface area contributed by atoms with E-state index in [9.17, 15) is 0 Å². The van der Waals surface area contributed by atoms with Crippen LogP contribution in [0.15, 0.2) is 66.7 Å². The van der Waals surface area contributed by atoms with Gasteiger partial charge in [-0.2, -0.15) is 0 Å². The van der Waals surface area contributed by atoms with Crippen LogP contribution >= 0.6 is 0 Å². The van der Waals surface area contributed by atoms with Crippen LogP contribution in [0, 0.1) is 0 Å². The number of benzene rings is 3. The Hall–Kier alpha value is -3.02. The van der Waals surface area contributed by atoms with Gasteiger partial charge in [0.2, 0.25) is 0 Å². The first-order valence-corrected chi connectivity index (χ1v) is 13.1. The predicted octanol–water partition coefficient (Wildman–Crippen LogP) is 7.44. The van der Waals surface area contributed by atoms with Crippen molar-refractivity contribution in [1.82, 2.24) is 0 Å². The van der Waals surface area contributed by atoms with E-state index in [1.165, 1.54) is 11.1 Å². The van der Waals surface area contributed by atoms with Crippen molar-refractivity contribution >= 4 is 5.69 Å². The molecule has 3 aromatic carbocycles. The second-order valence-electron chi connectivity index (χ2n) is 11.2. The van der Waals surface area contributed by atoms with Gasteiger partial charge in [-0.25, -0.2) is 0 Å². The third-order valence-corrected chi connectivity index (χ3v) is 6.90. The molecular formula is C32H41NO4. The van der Waals surface area contributed by atoms with Crippen LogP contribution in [-0.2, 0) is 28.0 Å². The van der Waals surface area contributed by atoms with Crippen LogP contribution in [0.4, 0.5) is 5.69 Å². The van der Waals surface area contributed by atoms with Gasteiger partial charge in [0.1, 0.15) is 29.3 Å². The number of hydrogen-bond donors (Lipinski definition) is 1. The topological polar surface area (TPSA) is 49.0 Å². The summed E-state index contributed by atoms with van der Waals surface area (Å²) in [6, 6.07) is 23.0. The van der Waals surface area contributed by atoms with Crippen molar-refractivity contribution < 1.29 is 18.9 Å². The molecule has 0 saturated heterocycles. The first-order valence-electron chi connectivity index (χ1n) is 13.1. The van der Waals surface area contributed by atoms with Gasteiger partial charge in [0.25, 0.3) is 0 Å². The van der Waals surface area contributed by atoms with Crippen molar-refractivity contribution in [2.45, 2.75) is 77.9 Å². The minimum Gasteiger partial charge on any atom is -0.497 e. The molecule has 2 atom stereocenters. The molecule has 5 heteroatoms. The van der Waals surface area contributed by atoms with E-state index in [0.717, 1.165) is 28.3 Å². The van der Waals surface area contributed by atoms with E-state index in [0.29, 0.717) is 19.8 Å². The largest absolute Gasteiger partial charge is 0.497 e. The maximum atomic E-state index is 6.54. The van der Waals surface area contributed by atoms with Crippen molar-refractivity contribution in [3.8, 4) is 11.5 Å². The van der Waals surface area contributed by atoms with Crippen LogP contribution in [-0.4, -0.2) is 25.4 Å². The molecule has 5 nitrogen and oxygen atoms in total. The Morgan fingerprint density at radius 1 is 0.892 bits per heavy atom. The molecule has 4 rings (SSSR count). The average Bonchev–Trinajstić information content (AvgIpc) is 2.87. The summed E-state index contributed by atoms with van der Waals surface area (Å²) in [5.74, 6) is 1.70. The molecule has 0 fully saturated rings. The lowest BCUT2D eigenvalue weighted by Gasteiger charge is -2.44. The first kappa shape index (κ1) is 27.0. The van der Waals surface area contributed by atoms with Gasteiger partial charge >= 0.3 is 0 Å². The summed E-state index contributed by atoms with van der Waals surface area (Å²) >= 11 is 0. The summed E-state index contributed by atoms with van der Waals surface area (Å²) in [5, 5.41) is 3.53. The van der Waals surface area contributed by atoms with Crippen molar-refractivity contribution in [1.29, 1.82) is 0 Å². The fourth-order valence-electron chi connectivity index (χ4n) is 4.72. The highest BCUT2D eigenvalue weighted by Gasteiger charge is 2.45. The quantitative estimate of drug-likeness (QED) is 0.329. The Morgan fingerprint density at radius 2 is 1.57 bits per heavy atom. The normalized spacial score (nSPS) is 18.6. The van der Waals surface area contributed by atoms with E-state index >= 15 is 0 Å². The minimum atomic E-state index is -0.545. The summed E-state index contributed by atoms with van der Waals surface area (Å²) in [7, 11) is 1.68. The molecule has 0 aliphatic carbocycles. The highest BCUT2D eigenvalue weighted by molar-refractivity contribution is 5.54. The van der Waals surface area contributed by atoms with Crippen molar-refractivity contribution in [3.63, 3.8) is 0 Å². The Bertz CT molecular complexity index is 1160. The third kappa shape index (κ3) is 6.46. The molecule has 37 heavy (non-hydrogen) atoms. The van der Waals surface area contributed by atoms with Gasteiger partial charge in [0.05, 0.1) is 13.7 Å². The molecule has 2 unspecified atom stereocenters. The first-order chi connectivity index (χ1) is 17.6. The lowest BCUT2D eigenvalue weighted by Crippen LogP contribution is -2.51. The summed E-state index contributed by atoms with van der Waals surface area (Å²) in [5.41, 5.74) is 5.23. The zero-order chi connectivity index (χ0) is 26.6. The molecule has 3 aromatic rings. The third-order valence-electron chi connectivity index (χ3n) is 6.90. The van der Waals surface area contributed by atoms with E-state index in [2.05, 4.69) is 88.5 Å². The molecule has 1 aliphatic heterocycles. The smallest absolute Gasteiger partial charge is 0.132 e. The van der Waals surface area contributed by atoms with Gasteiger partial charge in [0, 0.05) is 24.4 Å². The molecule has 0 radical (unpaired) electrons. The zero-order valence-electron chi connectivity index (χ0n) is 23.3. The Labute approximate surface area is 222 Å². The van der Waals surface area contributed by atoms with Gasteiger partial charge in [-0.1, -0.05) is 57.2 Å². The van der Waals surface area contributed by atoms with Gasteiger partial charge in [0.15, 0.2) is 0 Å². The lowest BCUT2D eigenvalue weighted by atomic mass is 9.86. The highest BCUT2D eigenvalue weighted by atomic mass is 16.6. The fourth-order valence-corrected chi connectivity index (χ4v) is 4.72. The summed E-state index contributed by atoms with van der Waals surface area (Å²) in [6.45, 7) is 14.6. The fraction of sp³-hybridized carbons (Fsp3) is 0.438. The highest BCUT2D eigenvalue weighted by Crippen LogP contribution is 2.44. The van der Waals surface area contributed by atoms with Crippen molar-refractivity contribution in [3.05, 3.63) is 89.0 Å². The van der Waals surface area contributed by atoms with E-state index in [1.807, 2.05) is 25.1 Å². The monoisotopic (exact) mass is 503 g/mol. The van der Waals surface area contributed by atoms with Crippen molar-refractivity contribution in [2.24, 2.45) is 0 Å². The average molecular weight is 504 g/mol. The Morgan fingerprint density at radius 3 is 2.19 bits per heavy atom. The van der Waals surface area contributed by atoms with E-state index in [4.69, 9.17) is 18.9 Å². The Kier molecular flexibility index (Phi) is 8.15. The number of ether oxygens (including phenoxy) is 4. The summed E-state index contributed by atoms with van der Waals surface area (Å²) in [6.07, 6.45) is -0.501.